The van der Waals surface area contributed by atoms with Gasteiger partial charge in [-0.25, -0.2) is 18.4 Å². The fourth-order valence-electron chi connectivity index (χ4n) is 1.79. The molecule has 6 nitrogen and oxygen atoms in total. The second kappa shape index (κ2) is 6.39. The molecule has 0 aliphatic heterocycles. The Balaban J connectivity index is 2.60. The van der Waals surface area contributed by atoms with E-state index in [0.29, 0.717) is 0 Å². The first-order valence-corrected chi connectivity index (χ1v) is 8.46. The Morgan fingerprint density at radius 3 is 2.36 bits per heavy atom. The summed E-state index contributed by atoms with van der Waals surface area (Å²) < 4.78 is 28.2. The number of hydrogen-bond acceptors (Lipinski definition) is 6. The van der Waals surface area contributed by atoms with Gasteiger partial charge in [0, 0.05) is 10.6 Å². The van der Waals surface area contributed by atoms with E-state index >= 15 is 0 Å². The Morgan fingerprint density at radius 1 is 1.18 bits per heavy atom. The molecule has 0 amide bonds. The van der Waals surface area contributed by atoms with Crippen molar-refractivity contribution in [1.29, 1.82) is 0 Å². The van der Waals surface area contributed by atoms with E-state index in [1.807, 2.05) is 30.3 Å². The van der Waals surface area contributed by atoms with Crippen LogP contribution < -0.4 is 10.9 Å². The van der Waals surface area contributed by atoms with Crippen molar-refractivity contribution in [2.75, 3.05) is 12.8 Å². The topological polar surface area (TPSA) is 112 Å². The molecule has 2 aromatic carbocycles. The van der Waals surface area contributed by atoms with E-state index in [0.717, 1.165) is 16.7 Å². The van der Waals surface area contributed by atoms with Gasteiger partial charge in [-0.15, -0.1) is 0 Å². The number of carbonyl (C=O) groups excluding carboxylic acids is 1. The van der Waals surface area contributed by atoms with E-state index in [1.54, 1.807) is 0 Å². The van der Waals surface area contributed by atoms with Gasteiger partial charge >= 0.3 is 5.97 Å². The number of hydrogen-bond donors (Lipinski definition) is 2. The third-order valence-electron chi connectivity index (χ3n) is 2.77. The lowest BCUT2D eigenvalue weighted by atomic mass is 10.2. The molecule has 0 spiro atoms. The molecule has 0 bridgehead atoms. The highest BCUT2D eigenvalue weighted by Crippen LogP contribution is 2.37. The Labute approximate surface area is 132 Å². The first-order valence-electron chi connectivity index (χ1n) is 6.10. The van der Waals surface area contributed by atoms with E-state index in [1.165, 1.54) is 19.2 Å². The van der Waals surface area contributed by atoms with Crippen molar-refractivity contribution in [1.82, 2.24) is 0 Å². The number of nitrogens with two attached hydrogens (primary N) is 2. The largest absolute Gasteiger partial charge is 0.465 e. The maximum absolute atomic E-state index is 11.8. The lowest BCUT2D eigenvalue weighted by Crippen LogP contribution is -2.16. The van der Waals surface area contributed by atoms with E-state index in [-0.39, 0.29) is 21.0 Å². The van der Waals surface area contributed by atoms with Crippen LogP contribution in [0.4, 0.5) is 5.69 Å². The number of carbonyl (C=O) groups is 1. The first-order chi connectivity index (χ1) is 10.3. The maximum Gasteiger partial charge on any atom is 0.337 e. The molecule has 0 unspecified atom stereocenters. The summed E-state index contributed by atoms with van der Waals surface area (Å²) in [5.41, 5.74) is 6.08. The molecular formula is C14H14N2O4S2. The molecule has 0 fully saturated rings. The Kier molecular flexibility index (Phi) is 4.74. The Hall–Kier alpha value is -2.03. The number of rotatable bonds is 4. The molecule has 22 heavy (non-hydrogen) atoms. The van der Waals surface area contributed by atoms with Gasteiger partial charge in [0.2, 0.25) is 10.0 Å². The van der Waals surface area contributed by atoms with Crippen LogP contribution in [-0.2, 0) is 14.8 Å². The van der Waals surface area contributed by atoms with E-state index in [9.17, 15) is 13.2 Å². The highest BCUT2D eigenvalue weighted by atomic mass is 32.2. The molecule has 2 rings (SSSR count). The Morgan fingerprint density at radius 2 is 1.82 bits per heavy atom. The zero-order valence-corrected chi connectivity index (χ0v) is 13.3. The molecule has 0 heterocycles. The molecule has 0 aliphatic rings. The summed E-state index contributed by atoms with van der Waals surface area (Å²) in [6, 6.07) is 11.6. The molecule has 2 aromatic rings. The number of nitrogen functional groups attached to an aromatic ring is 1. The van der Waals surface area contributed by atoms with Crippen LogP contribution in [0.5, 0.6) is 0 Å². The average molecular weight is 338 g/mol. The van der Waals surface area contributed by atoms with Crippen molar-refractivity contribution in [2.24, 2.45) is 5.14 Å². The monoisotopic (exact) mass is 338 g/mol. The maximum atomic E-state index is 11.8. The summed E-state index contributed by atoms with van der Waals surface area (Å²) in [5, 5.41) is 5.24. The van der Waals surface area contributed by atoms with Crippen molar-refractivity contribution in [2.45, 2.75) is 14.7 Å². The predicted octanol–water partition coefficient (Wildman–Crippen LogP) is 1.85. The molecule has 0 saturated carbocycles. The van der Waals surface area contributed by atoms with Gasteiger partial charge in [0.1, 0.15) is 0 Å². The molecule has 8 heteroatoms. The SMILES string of the molecule is COC(=O)c1cc(N)c(Sc2ccccc2)c(S(N)(=O)=O)c1. The van der Waals surface area contributed by atoms with Gasteiger partial charge < -0.3 is 10.5 Å². The smallest absolute Gasteiger partial charge is 0.337 e. The van der Waals surface area contributed by atoms with Crippen molar-refractivity contribution < 1.29 is 17.9 Å². The number of ether oxygens (including phenoxy) is 1. The van der Waals surface area contributed by atoms with E-state index in [2.05, 4.69) is 4.74 Å². The van der Waals surface area contributed by atoms with Gasteiger partial charge in [-0.2, -0.15) is 0 Å². The second-order valence-electron chi connectivity index (χ2n) is 4.34. The van der Waals surface area contributed by atoms with E-state index in [4.69, 9.17) is 10.9 Å². The summed E-state index contributed by atoms with van der Waals surface area (Å²) in [4.78, 5) is 12.5. The number of methoxy groups -OCH3 is 1. The lowest BCUT2D eigenvalue weighted by Gasteiger charge is -2.12. The predicted molar refractivity (Wildman–Crippen MR) is 84.1 cm³/mol. The lowest BCUT2D eigenvalue weighted by molar-refractivity contribution is 0.0600. The van der Waals surface area contributed by atoms with Crippen LogP contribution in [-0.4, -0.2) is 21.5 Å². The summed E-state index contributed by atoms with van der Waals surface area (Å²) in [6.45, 7) is 0. The van der Waals surface area contributed by atoms with Gasteiger partial charge in [0.15, 0.2) is 0 Å². The van der Waals surface area contributed by atoms with Gasteiger partial charge in [0.25, 0.3) is 0 Å². The van der Waals surface area contributed by atoms with Gasteiger partial charge in [-0.3, -0.25) is 0 Å². The van der Waals surface area contributed by atoms with Gasteiger partial charge in [0.05, 0.1) is 22.5 Å². The van der Waals surface area contributed by atoms with Crippen LogP contribution in [0.1, 0.15) is 10.4 Å². The van der Waals surface area contributed by atoms with Crippen LogP contribution in [0.2, 0.25) is 0 Å². The van der Waals surface area contributed by atoms with Crippen LogP contribution in [0.3, 0.4) is 0 Å². The third kappa shape index (κ3) is 3.59. The minimum Gasteiger partial charge on any atom is -0.465 e. The minimum absolute atomic E-state index is 0.0291. The number of primary sulfonamides is 1. The number of esters is 1. The first kappa shape index (κ1) is 16.3. The molecule has 0 aliphatic carbocycles. The zero-order valence-electron chi connectivity index (χ0n) is 11.6. The summed E-state index contributed by atoms with van der Waals surface area (Å²) in [5.74, 6) is -0.687. The molecular weight excluding hydrogens is 324 g/mol. The molecule has 4 N–H and O–H groups in total. The number of benzene rings is 2. The highest BCUT2D eigenvalue weighted by molar-refractivity contribution is 8.00. The van der Waals surface area contributed by atoms with Gasteiger partial charge in [-0.05, 0) is 24.3 Å². The molecule has 0 radical (unpaired) electrons. The fourth-order valence-corrected chi connectivity index (χ4v) is 3.79. The second-order valence-corrected chi connectivity index (χ2v) is 6.96. The highest BCUT2D eigenvalue weighted by Gasteiger charge is 2.21. The van der Waals surface area contributed by atoms with Crippen LogP contribution in [0, 0.1) is 0 Å². The van der Waals surface area contributed by atoms with Crippen molar-refractivity contribution in [3.05, 3.63) is 48.0 Å². The van der Waals surface area contributed by atoms with Gasteiger partial charge in [-0.1, -0.05) is 30.0 Å². The number of anilines is 1. The summed E-state index contributed by atoms with van der Waals surface area (Å²) in [7, 11) is -2.85. The van der Waals surface area contributed by atoms with Crippen LogP contribution >= 0.6 is 11.8 Å². The zero-order chi connectivity index (χ0) is 16.3. The van der Waals surface area contributed by atoms with Crippen molar-refractivity contribution in [3.63, 3.8) is 0 Å². The van der Waals surface area contributed by atoms with Crippen LogP contribution in [0.25, 0.3) is 0 Å². The van der Waals surface area contributed by atoms with E-state index < -0.39 is 16.0 Å². The minimum atomic E-state index is -4.05. The summed E-state index contributed by atoms with van der Waals surface area (Å²) in [6.07, 6.45) is 0. The van der Waals surface area contributed by atoms with Crippen molar-refractivity contribution in [3.8, 4) is 0 Å². The molecule has 0 atom stereocenters. The van der Waals surface area contributed by atoms with Crippen molar-refractivity contribution >= 4 is 33.4 Å². The molecule has 0 aromatic heterocycles. The quantitative estimate of drug-likeness (QED) is 0.650. The van der Waals surface area contributed by atoms with Crippen LogP contribution in [0.15, 0.2) is 57.2 Å². The third-order valence-corrected chi connectivity index (χ3v) is 5.01. The fraction of sp³-hybridized carbons (Fsp3) is 0.0714. The molecule has 116 valence electrons. The summed E-state index contributed by atoms with van der Waals surface area (Å²) >= 11 is 1.16. The average Bonchev–Trinajstić information content (AvgIpc) is 2.48. The number of sulfonamides is 1. The Bertz CT molecular complexity index is 805. The normalized spacial score (nSPS) is 11.2. The standard InChI is InChI=1S/C14H14N2O4S2/c1-20-14(17)9-7-11(15)13(12(8-9)22(16,18)19)21-10-5-3-2-4-6-10/h2-8H,15H2,1H3,(H2,16,18,19). The molecule has 0 saturated heterocycles.